The summed E-state index contributed by atoms with van der Waals surface area (Å²) >= 11 is 0. The molecular weight excluding hydrogens is 309 g/mol. The van der Waals surface area contributed by atoms with Crippen molar-refractivity contribution in [3.05, 3.63) is 17.5 Å². The van der Waals surface area contributed by atoms with E-state index in [1.165, 1.54) is 4.68 Å². The van der Waals surface area contributed by atoms with Crippen LogP contribution in [0.3, 0.4) is 0 Å². The molecule has 1 atom stereocenters. The fourth-order valence-corrected chi connectivity index (χ4v) is 2.31. The third-order valence-corrected chi connectivity index (χ3v) is 3.28. The van der Waals surface area contributed by atoms with Gasteiger partial charge in [0.2, 0.25) is 0 Å². The van der Waals surface area contributed by atoms with E-state index in [0.717, 1.165) is 12.3 Å². The number of nitrogens with zero attached hydrogens (tertiary/aromatic N) is 2. The Kier molecular flexibility index (Phi) is 5.43. The summed E-state index contributed by atoms with van der Waals surface area (Å²) in [6, 6.07) is 0.774. The maximum absolute atomic E-state index is 12.7. The summed E-state index contributed by atoms with van der Waals surface area (Å²) in [6.45, 7) is 5.09. The highest BCUT2D eigenvalue weighted by Gasteiger charge is 2.35. The van der Waals surface area contributed by atoms with E-state index in [1.807, 2.05) is 0 Å². The van der Waals surface area contributed by atoms with Gasteiger partial charge in [-0.2, -0.15) is 26.7 Å². The minimum atomic E-state index is -4.50. The average molecular weight is 328 g/mol. The van der Waals surface area contributed by atoms with Gasteiger partial charge in [-0.25, -0.2) is 0 Å². The maximum atomic E-state index is 12.7. The zero-order valence-electron chi connectivity index (χ0n) is 12.3. The molecule has 0 amide bonds. The molecule has 122 valence electrons. The first kappa shape index (κ1) is 18.0. The van der Waals surface area contributed by atoms with Gasteiger partial charge in [0.25, 0.3) is 10.1 Å². The molecule has 0 aromatic carbocycles. The van der Waals surface area contributed by atoms with Crippen LogP contribution in [0.25, 0.3) is 0 Å². The molecule has 9 heteroatoms. The molecule has 21 heavy (non-hydrogen) atoms. The first-order valence-electron chi connectivity index (χ1n) is 6.40. The first-order chi connectivity index (χ1) is 9.40. The van der Waals surface area contributed by atoms with E-state index >= 15 is 0 Å². The number of aromatic nitrogens is 2. The molecule has 5 nitrogen and oxygen atoms in total. The lowest BCUT2D eigenvalue weighted by atomic mass is 10.1. The molecule has 0 bridgehead atoms. The predicted molar refractivity (Wildman–Crippen MR) is 71.3 cm³/mol. The van der Waals surface area contributed by atoms with E-state index < -0.39 is 22.0 Å². The van der Waals surface area contributed by atoms with Gasteiger partial charge >= 0.3 is 6.18 Å². The highest BCUT2D eigenvalue weighted by molar-refractivity contribution is 7.85. The summed E-state index contributed by atoms with van der Waals surface area (Å²) in [5.41, 5.74) is -0.538. The van der Waals surface area contributed by atoms with Crippen LogP contribution in [0.5, 0.6) is 0 Å². The van der Waals surface area contributed by atoms with Crippen molar-refractivity contribution in [1.29, 1.82) is 0 Å². The van der Waals surface area contributed by atoms with Gasteiger partial charge in [-0.1, -0.05) is 6.92 Å². The van der Waals surface area contributed by atoms with Crippen LogP contribution >= 0.6 is 0 Å². The predicted octanol–water partition coefficient (Wildman–Crippen LogP) is 2.64. The van der Waals surface area contributed by atoms with Crippen LogP contribution in [-0.4, -0.2) is 31.1 Å². The lowest BCUT2D eigenvalue weighted by Gasteiger charge is -2.14. The molecule has 0 N–H and O–H groups in total. The van der Waals surface area contributed by atoms with Crippen molar-refractivity contribution in [3.8, 4) is 0 Å². The van der Waals surface area contributed by atoms with E-state index in [-0.39, 0.29) is 25.0 Å². The average Bonchev–Trinajstić information content (AvgIpc) is 2.69. The van der Waals surface area contributed by atoms with Crippen molar-refractivity contribution < 1.29 is 25.8 Å². The summed E-state index contributed by atoms with van der Waals surface area (Å²) in [5, 5.41) is 3.58. The summed E-state index contributed by atoms with van der Waals surface area (Å²) in [6.07, 6.45) is -3.32. The molecule has 0 aliphatic rings. The standard InChI is InChI=1S/C12H19F3N2O3S/c1-8(2)17-10(6-11(16-17)12(13,14)15)5-9(3)7-20-21(4,18)19/h6,8-9H,5,7H2,1-4H3/t9-/m1/s1. The Hall–Kier alpha value is -1.09. The van der Waals surface area contributed by atoms with E-state index in [2.05, 4.69) is 9.28 Å². The molecule has 0 fully saturated rings. The summed E-state index contributed by atoms with van der Waals surface area (Å²) in [7, 11) is -3.56. The fraction of sp³-hybridized carbons (Fsp3) is 0.750. The Morgan fingerprint density at radius 2 is 1.90 bits per heavy atom. The van der Waals surface area contributed by atoms with Crippen LogP contribution in [0.15, 0.2) is 6.07 Å². The minimum absolute atomic E-state index is 0.0799. The Balaban J connectivity index is 2.89. The molecule has 0 aliphatic carbocycles. The Morgan fingerprint density at radius 1 is 1.33 bits per heavy atom. The van der Waals surface area contributed by atoms with Crippen molar-refractivity contribution in [1.82, 2.24) is 9.78 Å². The van der Waals surface area contributed by atoms with Crippen LogP contribution in [0.2, 0.25) is 0 Å². The smallest absolute Gasteiger partial charge is 0.270 e. The fourth-order valence-electron chi connectivity index (χ4n) is 1.83. The minimum Gasteiger partial charge on any atom is -0.270 e. The Labute approximate surface area is 122 Å². The first-order valence-corrected chi connectivity index (χ1v) is 8.22. The summed E-state index contributed by atoms with van der Waals surface area (Å²) < 4.78 is 65.9. The monoisotopic (exact) mass is 328 g/mol. The topological polar surface area (TPSA) is 61.2 Å². The van der Waals surface area contributed by atoms with E-state index in [9.17, 15) is 21.6 Å². The van der Waals surface area contributed by atoms with Gasteiger partial charge in [0.1, 0.15) is 0 Å². The van der Waals surface area contributed by atoms with E-state index in [0.29, 0.717) is 5.69 Å². The van der Waals surface area contributed by atoms with E-state index in [4.69, 9.17) is 0 Å². The van der Waals surface area contributed by atoms with Crippen LogP contribution < -0.4 is 0 Å². The Morgan fingerprint density at radius 3 is 2.33 bits per heavy atom. The molecule has 0 unspecified atom stereocenters. The molecule has 0 spiro atoms. The van der Waals surface area contributed by atoms with Crippen molar-refractivity contribution in [2.75, 3.05) is 12.9 Å². The summed E-state index contributed by atoms with van der Waals surface area (Å²) in [4.78, 5) is 0. The van der Waals surface area contributed by atoms with Crippen LogP contribution in [-0.2, 0) is 26.9 Å². The van der Waals surface area contributed by atoms with Crippen LogP contribution in [0.1, 0.15) is 38.2 Å². The third kappa shape index (κ3) is 5.66. The molecule has 1 aromatic rings. The quantitative estimate of drug-likeness (QED) is 0.753. The molecule has 0 saturated heterocycles. The van der Waals surface area contributed by atoms with E-state index in [1.54, 1.807) is 20.8 Å². The normalized spacial score (nSPS) is 14.7. The zero-order chi connectivity index (χ0) is 16.4. The molecule has 1 aromatic heterocycles. The highest BCUT2D eigenvalue weighted by atomic mass is 32.2. The summed E-state index contributed by atoms with van der Waals surface area (Å²) in [5.74, 6) is -0.255. The maximum Gasteiger partial charge on any atom is 0.435 e. The largest absolute Gasteiger partial charge is 0.435 e. The van der Waals surface area contributed by atoms with Crippen LogP contribution in [0.4, 0.5) is 13.2 Å². The Bertz CT molecular complexity index is 579. The van der Waals surface area contributed by atoms with Gasteiger partial charge in [-0.3, -0.25) is 8.86 Å². The van der Waals surface area contributed by atoms with Gasteiger partial charge < -0.3 is 0 Å². The number of rotatable bonds is 6. The number of hydrogen-bond donors (Lipinski definition) is 0. The van der Waals surface area contributed by atoms with Gasteiger partial charge in [-0.05, 0) is 32.3 Å². The second-order valence-electron chi connectivity index (χ2n) is 5.35. The van der Waals surface area contributed by atoms with Gasteiger partial charge in [0.15, 0.2) is 5.69 Å². The van der Waals surface area contributed by atoms with Crippen molar-refractivity contribution in [3.63, 3.8) is 0 Å². The molecular formula is C12H19F3N2O3S. The SMILES string of the molecule is CC(C)n1nc(C(F)(F)F)cc1C[C@@H](C)COS(C)(=O)=O. The molecule has 0 saturated carbocycles. The third-order valence-electron chi connectivity index (χ3n) is 2.72. The molecule has 1 heterocycles. The number of halogens is 3. The molecule has 0 radical (unpaired) electrons. The molecule has 1 rings (SSSR count). The second kappa shape index (κ2) is 6.35. The zero-order valence-corrected chi connectivity index (χ0v) is 13.1. The van der Waals surface area contributed by atoms with Gasteiger partial charge in [-0.15, -0.1) is 0 Å². The highest BCUT2D eigenvalue weighted by Crippen LogP contribution is 2.30. The molecule has 0 aliphatic heterocycles. The number of hydrogen-bond acceptors (Lipinski definition) is 4. The lowest BCUT2D eigenvalue weighted by molar-refractivity contribution is -0.141. The second-order valence-corrected chi connectivity index (χ2v) is 7.00. The lowest BCUT2D eigenvalue weighted by Crippen LogP contribution is -2.16. The van der Waals surface area contributed by atoms with Gasteiger partial charge in [0.05, 0.1) is 12.9 Å². The van der Waals surface area contributed by atoms with Crippen molar-refractivity contribution in [2.45, 2.75) is 39.4 Å². The van der Waals surface area contributed by atoms with Crippen LogP contribution in [0, 0.1) is 5.92 Å². The number of alkyl halides is 3. The van der Waals surface area contributed by atoms with Gasteiger partial charge in [0, 0.05) is 11.7 Å². The van der Waals surface area contributed by atoms with Crippen molar-refractivity contribution in [2.24, 2.45) is 5.92 Å². The van der Waals surface area contributed by atoms with Crippen molar-refractivity contribution >= 4 is 10.1 Å².